The van der Waals surface area contributed by atoms with Crippen LogP contribution in [0.25, 0.3) is 0 Å². The Balaban J connectivity index is 1.84. The highest BCUT2D eigenvalue weighted by molar-refractivity contribution is 6.07. The van der Waals surface area contributed by atoms with Crippen LogP contribution < -0.4 is 0 Å². The summed E-state index contributed by atoms with van der Waals surface area (Å²) in [6.07, 6.45) is 23.7. The third-order valence-corrected chi connectivity index (χ3v) is 5.14. The Morgan fingerprint density at radius 2 is 1.27 bits per heavy atom. The Kier molecular flexibility index (Phi) is 12.9. The van der Waals surface area contributed by atoms with E-state index in [1.54, 1.807) is 6.08 Å². The average Bonchev–Trinajstić information content (AvgIpc) is 2.87. The van der Waals surface area contributed by atoms with Crippen LogP contribution in [0.1, 0.15) is 103 Å². The minimum Gasteiger partial charge on any atom is -0.389 e. The SMILES string of the molecule is C=C1C(=O)OC(=O)C1C=CCCCCCCCCCCCCCCCC. The third-order valence-electron chi connectivity index (χ3n) is 5.14. The van der Waals surface area contributed by atoms with E-state index in [1.807, 2.05) is 6.08 Å². The molecule has 1 fully saturated rings. The summed E-state index contributed by atoms with van der Waals surface area (Å²) in [7, 11) is 0. The lowest BCUT2D eigenvalue weighted by Gasteiger charge is -2.03. The molecule has 3 heteroatoms. The Hall–Kier alpha value is -1.38. The maximum absolute atomic E-state index is 11.4. The van der Waals surface area contributed by atoms with Crippen molar-refractivity contribution in [2.45, 2.75) is 103 Å². The molecule has 0 saturated carbocycles. The van der Waals surface area contributed by atoms with Crippen LogP contribution in [-0.2, 0) is 14.3 Å². The molecule has 1 unspecified atom stereocenters. The van der Waals surface area contributed by atoms with Gasteiger partial charge in [0, 0.05) is 5.57 Å². The van der Waals surface area contributed by atoms with Gasteiger partial charge in [0.05, 0.1) is 0 Å². The summed E-state index contributed by atoms with van der Waals surface area (Å²) in [6, 6.07) is 0. The van der Waals surface area contributed by atoms with Gasteiger partial charge in [-0.25, -0.2) is 4.79 Å². The predicted molar refractivity (Wildman–Crippen MR) is 108 cm³/mol. The summed E-state index contributed by atoms with van der Waals surface area (Å²) in [5, 5.41) is 0. The van der Waals surface area contributed by atoms with E-state index >= 15 is 0 Å². The number of hydrogen-bond acceptors (Lipinski definition) is 3. The smallest absolute Gasteiger partial charge is 0.342 e. The quantitative estimate of drug-likeness (QED) is 0.101. The number of cyclic esters (lactones) is 2. The molecule has 0 aromatic carbocycles. The molecular formula is C23H38O3. The largest absolute Gasteiger partial charge is 0.389 e. The van der Waals surface area contributed by atoms with E-state index in [9.17, 15) is 9.59 Å². The summed E-state index contributed by atoms with van der Waals surface area (Å²) in [5.41, 5.74) is 0.257. The Labute approximate surface area is 160 Å². The van der Waals surface area contributed by atoms with Crippen molar-refractivity contribution >= 4 is 11.9 Å². The lowest BCUT2D eigenvalue weighted by atomic mass is 10.0. The molecule has 0 aromatic rings. The van der Waals surface area contributed by atoms with Gasteiger partial charge in [-0.15, -0.1) is 0 Å². The maximum atomic E-state index is 11.4. The Morgan fingerprint density at radius 1 is 0.808 bits per heavy atom. The van der Waals surface area contributed by atoms with E-state index in [0.29, 0.717) is 0 Å². The van der Waals surface area contributed by atoms with Crippen LogP contribution in [0.4, 0.5) is 0 Å². The summed E-state index contributed by atoms with van der Waals surface area (Å²) in [4.78, 5) is 22.6. The van der Waals surface area contributed by atoms with Crippen LogP contribution in [-0.4, -0.2) is 11.9 Å². The fourth-order valence-corrected chi connectivity index (χ4v) is 3.37. The van der Waals surface area contributed by atoms with Crippen LogP contribution in [0.15, 0.2) is 24.3 Å². The summed E-state index contributed by atoms with van der Waals surface area (Å²) in [6.45, 7) is 5.88. The molecule has 1 rings (SSSR count). The standard InChI is InChI=1S/C23H38O3/c1-3-4-5-6-7-8-9-10-11-12-13-14-15-16-17-18-19-21-20(2)22(24)26-23(21)25/h18-19,21H,2-17H2,1H3. The number of allylic oxidation sites excluding steroid dienone is 1. The van der Waals surface area contributed by atoms with Crippen LogP contribution in [0.3, 0.4) is 0 Å². The number of rotatable bonds is 16. The molecule has 0 aliphatic carbocycles. The van der Waals surface area contributed by atoms with Crippen molar-refractivity contribution in [3.63, 3.8) is 0 Å². The molecule has 0 aromatic heterocycles. The molecular weight excluding hydrogens is 324 g/mol. The van der Waals surface area contributed by atoms with Crippen molar-refractivity contribution < 1.29 is 14.3 Å². The van der Waals surface area contributed by atoms with Gasteiger partial charge in [0.15, 0.2) is 0 Å². The monoisotopic (exact) mass is 362 g/mol. The lowest BCUT2D eigenvalue weighted by Crippen LogP contribution is -2.04. The number of esters is 2. The van der Waals surface area contributed by atoms with Crippen LogP contribution >= 0.6 is 0 Å². The Bertz CT molecular complexity index is 450. The molecule has 1 atom stereocenters. The van der Waals surface area contributed by atoms with E-state index in [2.05, 4.69) is 18.2 Å². The highest BCUT2D eigenvalue weighted by Gasteiger charge is 2.35. The molecule has 0 amide bonds. The number of carbonyl (C=O) groups excluding carboxylic acids is 2. The van der Waals surface area contributed by atoms with Gasteiger partial charge >= 0.3 is 11.9 Å². The second-order valence-electron chi connectivity index (χ2n) is 7.52. The first-order valence-electron chi connectivity index (χ1n) is 10.8. The van der Waals surface area contributed by atoms with Gasteiger partial charge in [-0.3, -0.25) is 4.79 Å². The minimum atomic E-state index is -0.582. The van der Waals surface area contributed by atoms with E-state index in [4.69, 9.17) is 0 Å². The highest BCUT2D eigenvalue weighted by Crippen LogP contribution is 2.22. The molecule has 1 heterocycles. The molecule has 0 N–H and O–H groups in total. The second-order valence-corrected chi connectivity index (χ2v) is 7.52. The van der Waals surface area contributed by atoms with Crippen LogP contribution in [0, 0.1) is 5.92 Å². The summed E-state index contributed by atoms with van der Waals surface area (Å²) in [5.74, 6) is -1.63. The zero-order valence-corrected chi connectivity index (χ0v) is 16.8. The van der Waals surface area contributed by atoms with Gasteiger partial charge in [-0.2, -0.15) is 0 Å². The molecule has 1 saturated heterocycles. The molecule has 0 radical (unpaired) electrons. The van der Waals surface area contributed by atoms with Gasteiger partial charge in [0.2, 0.25) is 0 Å². The lowest BCUT2D eigenvalue weighted by molar-refractivity contribution is -0.152. The average molecular weight is 363 g/mol. The number of unbranched alkanes of at least 4 members (excludes halogenated alkanes) is 14. The number of carbonyl (C=O) groups is 2. The van der Waals surface area contributed by atoms with Gasteiger partial charge in [-0.1, -0.05) is 109 Å². The fraction of sp³-hybridized carbons (Fsp3) is 0.739. The van der Waals surface area contributed by atoms with Crippen molar-refractivity contribution in [2.75, 3.05) is 0 Å². The first-order chi connectivity index (χ1) is 12.7. The summed E-state index contributed by atoms with van der Waals surface area (Å²) >= 11 is 0. The van der Waals surface area contributed by atoms with Crippen molar-refractivity contribution in [3.05, 3.63) is 24.3 Å². The molecule has 26 heavy (non-hydrogen) atoms. The predicted octanol–water partition coefficient (Wildman–Crippen LogP) is 6.67. The van der Waals surface area contributed by atoms with E-state index in [0.717, 1.165) is 12.8 Å². The number of ether oxygens (including phenoxy) is 1. The first kappa shape index (κ1) is 22.7. The highest BCUT2D eigenvalue weighted by atomic mass is 16.6. The third kappa shape index (κ3) is 9.94. The zero-order chi connectivity index (χ0) is 19.0. The van der Waals surface area contributed by atoms with Crippen molar-refractivity contribution in [1.82, 2.24) is 0 Å². The number of hydrogen-bond donors (Lipinski definition) is 0. The van der Waals surface area contributed by atoms with Gasteiger partial charge in [-0.05, 0) is 12.8 Å². The van der Waals surface area contributed by atoms with Gasteiger partial charge in [0.25, 0.3) is 0 Å². The van der Waals surface area contributed by atoms with Crippen LogP contribution in [0.5, 0.6) is 0 Å². The van der Waals surface area contributed by atoms with E-state index in [-0.39, 0.29) is 5.57 Å². The molecule has 148 valence electrons. The second kappa shape index (κ2) is 14.8. The molecule has 1 aliphatic rings. The van der Waals surface area contributed by atoms with Crippen molar-refractivity contribution in [1.29, 1.82) is 0 Å². The van der Waals surface area contributed by atoms with E-state index in [1.165, 1.54) is 83.5 Å². The molecule has 1 aliphatic heterocycles. The zero-order valence-electron chi connectivity index (χ0n) is 16.8. The Morgan fingerprint density at radius 3 is 1.69 bits per heavy atom. The molecule has 0 bridgehead atoms. The normalized spacial score (nSPS) is 17.4. The maximum Gasteiger partial charge on any atom is 0.342 e. The van der Waals surface area contributed by atoms with Gasteiger partial charge < -0.3 is 4.74 Å². The molecule has 0 spiro atoms. The topological polar surface area (TPSA) is 43.4 Å². The fourth-order valence-electron chi connectivity index (χ4n) is 3.37. The van der Waals surface area contributed by atoms with Crippen LogP contribution in [0.2, 0.25) is 0 Å². The van der Waals surface area contributed by atoms with Gasteiger partial charge in [0.1, 0.15) is 5.92 Å². The van der Waals surface area contributed by atoms with Crippen molar-refractivity contribution in [2.24, 2.45) is 5.92 Å². The first-order valence-corrected chi connectivity index (χ1v) is 10.8. The molecule has 3 nitrogen and oxygen atoms in total. The minimum absolute atomic E-state index is 0.257. The van der Waals surface area contributed by atoms with E-state index < -0.39 is 17.9 Å². The summed E-state index contributed by atoms with van der Waals surface area (Å²) < 4.78 is 4.54. The van der Waals surface area contributed by atoms with Crippen molar-refractivity contribution in [3.8, 4) is 0 Å².